The molecule has 0 atom stereocenters. The van der Waals surface area contributed by atoms with Crippen LogP contribution in [-0.2, 0) is 19.4 Å². The van der Waals surface area contributed by atoms with E-state index in [2.05, 4.69) is 49.2 Å². The van der Waals surface area contributed by atoms with Crippen LogP contribution in [0.3, 0.4) is 0 Å². The fourth-order valence-electron chi connectivity index (χ4n) is 3.02. The minimum atomic E-state index is 0.696. The van der Waals surface area contributed by atoms with Gasteiger partial charge < -0.3 is 20.2 Å². The summed E-state index contributed by atoms with van der Waals surface area (Å²) < 4.78 is 2.06. The molecule has 8 heteroatoms. The van der Waals surface area contributed by atoms with E-state index < -0.39 is 0 Å². The lowest BCUT2D eigenvalue weighted by Gasteiger charge is -2.12. The molecule has 0 unspecified atom stereocenters. The number of hydrogen-bond acceptors (Lipinski definition) is 3. The molecule has 0 aliphatic heterocycles. The zero-order valence-electron chi connectivity index (χ0n) is 15.8. The van der Waals surface area contributed by atoms with E-state index in [1.165, 1.54) is 5.56 Å². The summed E-state index contributed by atoms with van der Waals surface area (Å²) in [4.78, 5) is 7.97. The van der Waals surface area contributed by atoms with Crippen LogP contribution in [0.25, 0.3) is 10.9 Å². The Bertz CT molecular complexity index is 896. The van der Waals surface area contributed by atoms with Crippen LogP contribution in [0, 0.1) is 0 Å². The summed E-state index contributed by atoms with van der Waals surface area (Å²) in [6.45, 7) is 7.23. The van der Waals surface area contributed by atoms with Gasteiger partial charge in [0.1, 0.15) is 12.2 Å². The molecule has 3 rings (SSSR count). The van der Waals surface area contributed by atoms with Gasteiger partial charge in [0.15, 0.2) is 5.96 Å². The maximum absolute atomic E-state index is 6.12. The molecular formula is C19H26ClN7. The minimum absolute atomic E-state index is 0.696. The van der Waals surface area contributed by atoms with Crippen molar-refractivity contribution in [3.63, 3.8) is 0 Å². The number of aliphatic imine (C=N–C) groups is 1. The third-order valence-electron chi connectivity index (χ3n) is 4.38. The van der Waals surface area contributed by atoms with E-state index in [0.717, 1.165) is 60.2 Å². The number of hydrogen-bond donors (Lipinski definition) is 3. The first kappa shape index (κ1) is 19.2. The lowest BCUT2D eigenvalue weighted by Crippen LogP contribution is -2.39. The molecule has 7 nitrogen and oxygen atoms in total. The van der Waals surface area contributed by atoms with Crippen LogP contribution in [-0.4, -0.2) is 45.3 Å². The smallest absolute Gasteiger partial charge is 0.191 e. The van der Waals surface area contributed by atoms with Gasteiger partial charge in [-0.2, -0.15) is 0 Å². The van der Waals surface area contributed by atoms with Crippen molar-refractivity contribution >= 4 is 28.5 Å². The lowest BCUT2D eigenvalue weighted by molar-refractivity contribution is 0.632. The summed E-state index contributed by atoms with van der Waals surface area (Å²) in [5.74, 6) is 1.82. The van der Waals surface area contributed by atoms with Gasteiger partial charge in [-0.1, -0.05) is 18.5 Å². The number of guanidine groups is 1. The van der Waals surface area contributed by atoms with Crippen molar-refractivity contribution in [2.75, 3.05) is 19.6 Å². The molecule has 144 valence electrons. The Morgan fingerprint density at radius 1 is 1.30 bits per heavy atom. The molecule has 0 aliphatic rings. The van der Waals surface area contributed by atoms with Gasteiger partial charge >= 0.3 is 0 Å². The molecule has 1 aromatic carbocycles. The van der Waals surface area contributed by atoms with Crippen LogP contribution in [0.1, 0.15) is 25.2 Å². The quantitative estimate of drug-likeness (QED) is 0.410. The van der Waals surface area contributed by atoms with Crippen molar-refractivity contribution in [2.24, 2.45) is 4.99 Å². The highest BCUT2D eigenvalue weighted by atomic mass is 35.5. The predicted molar refractivity (Wildman–Crippen MR) is 110 cm³/mol. The number of benzene rings is 1. The summed E-state index contributed by atoms with van der Waals surface area (Å²) in [7, 11) is 0. The molecule has 3 N–H and O–H groups in total. The summed E-state index contributed by atoms with van der Waals surface area (Å²) in [6, 6.07) is 5.90. The van der Waals surface area contributed by atoms with E-state index in [9.17, 15) is 0 Å². The van der Waals surface area contributed by atoms with Crippen LogP contribution in [0.15, 0.2) is 35.7 Å². The first-order valence-electron chi connectivity index (χ1n) is 9.35. The van der Waals surface area contributed by atoms with Crippen molar-refractivity contribution in [3.05, 3.63) is 47.1 Å². The number of aromatic nitrogens is 4. The Morgan fingerprint density at radius 3 is 3.00 bits per heavy atom. The fourth-order valence-corrected chi connectivity index (χ4v) is 3.19. The van der Waals surface area contributed by atoms with Crippen LogP contribution < -0.4 is 10.6 Å². The zero-order chi connectivity index (χ0) is 19.1. The highest BCUT2D eigenvalue weighted by molar-refractivity contribution is 6.31. The van der Waals surface area contributed by atoms with E-state index in [1.54, 1.807) is 6.33 Å². The highest BCUT2D eigenvalue weighted by Gasteiger charge is 2.05. The number of H-pyrrole nitrogens is 1. The Balaban J connectivity index is 1.56. The summed E-state index contributed by atoms with van der Waals surface area (Å²) >= 11 is 6.12. The molecule has 3 aromatic rings. The van der Waals surface area contributed by atoms with E-state index >= 15 is 0 Å². The molecule has 0 fully saturated rings. The normalized spacial score (nSPS) is 11.9. The molecular weight excluding hydrogens is 362 g/mol. The van der Waals surface area contributed by atoms with E-state index in [1.807, 2.05) is 24.4 Å². The maximum atomic E-state index is 6.12. The molecule has 0 saturated heterocycles. The number of halogens is 1. The van der Waals surface area contributed by atoms with Crippen LogP contribution in [0.5, 0.6) is 0 Å². The Labute approximate surface area is 164 Å². The van der Waals surface area contributed by atoms with Crippen LogP contribution >= 0.6 is 11.6 Å². The zero-order valence-corrected chi connectivity index (χ0v) is 16.6. The molecule has 0 radical (unpaired) electrons. The molecule has 0 aliphatic carbocycles. The monoisotopic (exact) mass is 387 g/mol. The lowest BCUT2D eigenvalue weighted by atomic mass is 10.1. The van der Waals surface area contributed by atoms with Crippen molar-refractivity contribution in [2.45, 2.75) is 33.2 Å². The second kappa shape index (κ2) is 9.41. The average Bonchev–Trinajstić information content (AvgIpc) is 3.28. The summed E-state index contributed by atoms with van der Waals surface area (Å²) in [6.07, 6.45) is 5.53. The third-order valence-corrected chi connectivity index (χ3v) is 4.62. The fraction of sp³-hybridized carbons (Fsp3) is 0.421. The van der Waals surface area contributed by atoms with E-state index in [4.69, 9.17) is 11.6 Å². The number of nitrogens with one attached hydrogen (secondary N) is 3. The number of fused-ring (bicyclic) bond motifs is 1. The van der Waals surface area contributed by atoms with Gasteiger partial charge in [0.2, 0.25) is 0 Å². The van der Waals surface area contributed by atoms with E-state index in [0.29, 0.717) is 6.54 Å². The molecule has 2 heterocycles. The third kappa shape index (κ3) is 5.01. The summed E-state index contributed by atoms with van der Waals surface area (Å²) in [5.41, 5.74) is 2.33. The van der Waals surface area contributed by atoms with Gasteiger partial charge in [0.25, 0.3) is 0 Å². The van der Waals surface area contributed by atoms with Gasteiger partial charge in [-0.05, 0) is 37.1 Å². The average molecular weight is 388 g/mol. The van der Waals surface area contributed by atoms with Gasteiger partial charge in [-0.25, -0.2) is 0 Å². The summed E-state index contributed by atoms with van der Waals surface area (Å²) in [5, 5.41) is 16.6. The van der Waals surface area contributed by atoms with Crippen LogP contribution in [0.2, 0.25) is 5.02 Å². The number of aromatic amines is 1. The second-order valence-corrected chi connectivity index (χ2v) is 6.67. The second-order valence-electron chi connectivity index (χ2n) is 6.24. The molecule has 0 saturated carbocycles. The van der Waals surface area contributed by atoms with Crippen molar-refractivity contribution in [1.29, 1.82) is 0 Å². The van der Waals surface area contributed by atoms with Crippen molar-refractivity contribution in [3.8, 4) is 0 Å². The minimum Gasteiger partial charge on any atom is -0.361 e. The Hall–Kier alpha value is -2.54. The predicted octanol–water partition coefficient (Wildman–Crippen LogP) is 2.77. The first-order valence-corrected chi connectivity index (χ1v) is 9.73. The molecule has 0 spiro atoms. The molecule has 27 heavy (non-hydrogen) atoms. The van der Waals surface area contributed by atoms with Gasteiger partial charge in [0.05, 0.1) is 0 Å². The highest BCUT2D eigenvalue weighted by Crippen LogP contribution is 2.22. The number of nitrogens with zero attached hydrogens (tertiary/aromatic N) is 4. The molecule has 0 amide bonds. The number of aryl methyl sites for hydroxylation is 1. The standard InChI is InChI=1S/C19H26ClN7/c1-3-18-26-25-13-27(18)10-9-23-19(21-4-2)22-8-7-14-12-24-17-6-5-15(20)11-16(14)17/h5-6,11-13,24H,3-4,7-10H2,1-2H3,(H2,21,22,23). The van der Waals surface area contributed by atoms with E-state index in [-0.39, 0.29) is 0 Å². The molecule has 0 bridgehead atoms. The molecule has 2 aromatic heterocycles. The van der Waals surface area contributed by atoms with Gasteiger partial charge in [0, 0.05) is 54.7 Å². The maximum Gasteiger partial charge on any atom is 0.191 e. The van der Waals surface area contributed by atoms with Crippen molar-refractivity contribution < 1.29 is 0 Å². The number of rotatable bonds is 8. The Morgan fingerprint density at radius 2 is 2.19 bits per heavy atom. The Kier molecular flexibility index (Phi) is 6.70. The van der Waals surface area contributed by atoms with Gasteiger partial charge in [-0.15, -0.1) is 10.2 Å². The van der Waals surface area contributed by atoms with Crippen molar-refractivity contribution in [1.82, 2.24) is 30.4 Å². The SMILES string of the molecule is CCNC(=NCCc1c[nH]c2ccc(Cl)cc12)NCCn1cnnc1CC. The van der Waals surface area contributed by atoms with Gasteiger partial charge in [-0.3, -0.25) is 4.99 Å². The largest absolute Gasteiger partial charge is 0.361 e. The van der Waals surface area contributed by atoms with Crippen LogP contribution in [0.4, 0.5) is 0 Å². The first-order chi connectivity index (χ1) is 13.2. The topological polar surface area (TPSA) is 82.9 Å².